The van der Waals surface area contributed by atoms with Gasteiger partial charge >= 0.3 is 5.97 Å². The Kier molecular flexibility index (Phi) is 4.81. The Morgan fingerprint density at radius 3 is 2.43 bits per heavy atom. The fourth-order valence-electron chi connectivity index (χ4n) is 2.24. The lowest BCUT2D eigenvalue weighted by Crippen LogP contribution is -2.24. The van der Waals surface area contributed by atoms with E-state index in [-0.39, 0.29) is 18.4 Å². The molecule has 4 nitrogen and oxygen atoms in total. The van der Waals surface area contributed by atoms with Crippen LogP contribution in [0.1, 0.15) is 18.9 Å². The first kappa shape index (κ1) is 15.3. The maximum Gasteiger partial charge on any atom is 0.303 e. The fraction of sp³-hybridized carbons (Fsp3) is 0.250. The third kappa shape index (κ3) is 3.52. The van der Waals surface area contributed by atoms with Crippen molar-refractivity contribution < 1.29 is 9.90 Å². The van der Waals surface area contributed by atoms with E-state index in [0.717, 1.165) is 11.3 Å². The summed E-state index contributed by atoms with van der Waals surface area (Å²) >= 11 is 5.88. The number of carboxylic acid groups (broad SMARTS) is 1. The first-order chi connectivity index (χ1) is 10.0. The van der Waals surface area contributed by atoms with Crippen LogP contribution in [0.15, 0.2) is 41.2 Å². The van der Waals surface area contributed by atoms with Gasteiger partial charge in [-0.2, -0.15) is 0 Å². The second-order valence-electron chi connectivity index (χ2n) is 4.69. The molecule has 5 heteroatoms. The highest BCUT2D eigenvalue weighted by molar-refractivity contribution is 6.30. The van der Waals surface area contributed by atoms with Gasteiger partial charge in [-0.15, -0.1) is 0 Å². The number of rotatable bonds is 5. The number of aryl methyl sites for hydroxylation is 1. The number of aromatic nitrogens is 1. The topological polar surface area (TPSA) is 59.3 Å². The van der Waals surface area contributed by atoms with Crippen LogP contribution in [-0.2, 0) is 17.8 Å². The van der Waals surface area contributed by atoms with Crippen LogP contribution in [0.4, 0.5) is 0 Å². The van der Waals surface area contributed by atoms with Crippen LogP contribution >= 0.6 is 11.6 Å². The number of carboxylic acids is 1. The summed E-state index contributed by atoms with van der Waals surface area (Å²) in [5.74, 6) is -0.903. The van der Waals surface area contributed by atoms with E-state index >= 15 is 0 Å². The molecule has 1 N–H and O–H groups in total. The summed E-state index contributed by atoms with van der Waals surface area (Å²) in [6, 6.07) is 10.8. The predicted octanol–water partition coefficient (Wildman–Crippen LogP) is 3.21. The summed E-state index contributed by atoms with van der Waals surface area (Å²) in [5, 5.41) is 9.37. The highest BCUT2D eigenvalue weighted by Crippen LogP contribution is 2.21. The van der Waals surface area contributed by atoms with Crippen molar-refractivity contribution >= 4 is 17.6 Å². The largest absolute Gasteiger partial charge is 0.481 e. The molecule has 0 saturated carbocycles. The zero-order valence-electron chi connectivity index (χ0n) is 11.7. The fourth-order valence-corrected chi connectivity index (χ4v) is 2.37. The van der Waals surface area contributed by atoms with Crippen LogP contribution in [0.2, 0.25) is 5.02 Å². The lowest BCUT2D eigenvalue weighted by molar-refractivity contribution is -0.136. The van der Waals surface area contributed by atoms with Gasteiger partial charge in [0.1, 0.15) is 0 Å². The Hall–Kier alpha value is -2.07. The zero-order chi connectivity index (χ0) is 15.4. The van der Waals surface area contributed by atoms with E-state index in [2.05, 4.69) is 0 Å². The Morgan fingerprint density at radius 2 is 1.86 bits per heavy atom. The van der Waals surface area contributed by atoms with Gasteiger partial charge in [-0.1, -0.05) is 29.8 Å². The van der Waals surface area contributed by atoms with Crippen LogP contribution in [0.3, 0.4) is 0 Å². The minimum absolute atomic E-state index is 0.0424. The predicted molar refractivity (Wildman–Crippen MR) is 82.8 cm³/mol. The van der Waals surface area contributed by atoms with Crippen molar-refractivity contribution in [2.24, 2.45) is 0 Å². The van der Waals surface area contributed by atoms with Crippen molar-refractivity contribution in [1.29, 1.82) is 0 Å². The van der Waals surface area contributed by atoms with Crippen LogP contribution in [0.5, 0.6) is 0 Å². The minimum atomic E-state index is -0.903. The van der Waals surface area contributed by atoms with Gasteiger partial charge in [0.15, 0.2) is 0 Å². The van der Waals surface area contributed by atoms with Crippen molar-refractivity contribution in [2.45, 2.75) is 26.3 Å². The van der Waals surface area contributed by atoms with Gasteiger partial charge in [0, 0.05) is 23.6 Å². The second-order valence-corrected chi connectivity index (χ2v) is 5.13. The molecule has 2 aromatic rings. The molecule has 1 aromatic heterocycles. The second kappa shape index (κ2) is 6.59. The molecular formula is C16H16ClNO3. The van der Waals surface area contributed by atoms with Gasteiger partial charge < -0.3 is 9.67 Å². The molecule has 0 radical (unpaired) electrons. The Bertz CT molecular complexity index is 704. The molecule has 1 heterocycles. The Balaban J connectivity index is 2.44. The number of nitrogens with zero attached hydrogens (tertiary/aromatic N) is 1. The third-order valence-electron chi connectivity index (χ3n) is 3.32. The standard InChI is InChI=1S/C16H16ClNO3/c1-2-18-14(11-3-7-13(17)8-4-11)9-5-12(16(18)21)6-10-15(19)20/h3-5,7-9H,2,6,10H2,1H3,(H,19,20). The van der Waals surface area contributed by atoms with E-state index in [9.17, 15) is 9.59 Å². The molecule has 2 rings (SSSR count). The maximum atomic E-state index is 12.4. The van der Waals surface area contributed by atoms with E-state index in [4.69, 9.17) is 16.7 Å². The van der Waals surface area contributed by atoms with Gasteiger partial charge in [0.25, 0.3) is 5.56 Å². The number of aliphatic carboxylic acids is 1. The van der Waals surface area contributed by atoms with Gasteiger partial charge in [-0.3, -0.25) is 9.59 Å². The van der Waals surface area contributed by atoms with Crippen molar-refractivity contribution in [3.63, 3.8) is 0 Å². The number of pyridine rings is 1. The van der Waals surface area contributed by atoms with Crippen molar-refractivity contribution in [1.82, 2.24) is 4.57 Å². The molecule has 0 fully saturated rings. The Morgan fingerprint density at radius 1 is 1.19 bits per heavy atom. The molecule has 0 aliphatic carbocycles. The number of carbonyl (C=O) groups is 1. The summed E-state index contributed by atoms with van der Waals surface area (Å²) < 4.78 is 1.65. The molecule has 0 atom stereocenters. The normalized spacial score (nSPS) is 10.6. The quantitative estimate of drug-likeness (QED) is 0.922. The van der Waals surface area contributed by atoms with E-state index in [1.54, 1.807) is 22.8 Å². The smallest absolute Gasteiger partial charge is 0.303 e. The third-order valence-corrected chi connectivity index (χ3v) is 3.57. The molecule has 0 unspecified atom stereocenters. The molecule has 21 heavy (non-hydrogen) atoms. The summed E-state index contributed by atoms with van der Waals surface area (Å²) in [6.07, 6.45) is 0.203. The summed E-state index contributed by atoms with van der Waals surface area (Å²) in [4.78, 5) is 23.1. The van der Waals surface area contributed by atoms with Crippen molar-refractivity contribution in [3.05, 3.63) is 57.3 Å². The van der Waals surface area contributed by atoms with Crippen LogP contribution in [0.25, 0.3) is 11.3 Å². The minimum Gasteiger partial charge on any atom is -0.481 e. The lowest BCUT2D eigenvalue weighted by atomic mass is 10.1. The molecule has 0 aliphatic heterocycles. The molecule has 0 bridgehead atoms. The van der Waals surface area contributed by atoms with Crippen LogP contribution in [-0.4, -0.2) is 15.6 Å². The van der Waals surface area contributed by atoms with Gasteiger partial charge in [-0.05, 0) is 37.1 Å². The molecule has 0 amide bonds. The molecule has 0 spiro atoms. The van der Waals surface area contributed by atoms with Crippen molar-refractivity contribution in [3.8, 4) is 11.3 Å². The van der Waals surface area contributed by atoms with Gasteiger partial charge in [0.05, 0.1) is 5.69 Å². The molecule has 0 saturated heterocycles. The highest BCUT2D eigenvalue weighted by atomic mass is 35.5. The monoisotopic (exact) mass is 305 g/mol. The molecular weight excluding hydrogens is 290 g/mol. The van der Waals surface area contributed by atoms with Gasteiger partial charge in [0.2, 0.25) is 0 Å². The number of halogens is 1. The summed E-state index contributed by atoms with van der Waals surface area (Å²) in [5.41, 5.74) is 2.10. The number of hydrogen-bond acceptors (Lipinski definition) is 2. The summed E-state index contributed by atoms with van der Waals surface area (Å²) in [6.45, 7) is 2.42. The number of benzene rings is 1. The SMILES string of the molecule is CCn1c(-c2ccc(Cl)cc2)ccc(CCC(=O)O)c1=O. The van der Waals surface area contributed by atoms with Gasteiger partial charge in [-0.25, -0.2) is 0 Å². The molecule has 110 valence electrons. The van der Waals surface area contributed by atoms with E-state index < -0.39 is 5.97 Å². The van der Waals surface area contributed by atoms with E-state index in [1.165, 1.54) is 0 Å². The lowest BCUT2D eigenvalue weighted by Gasteiger charge is -2.13. The van der Waals surface area contributed by atoms with Crippen LogP contribution < -0.4 is 5.56 Å². The van der Waals surface area contributed by atoms with E-state index in [0.29, 0.717) is 17.1 Å². The molecule has 0 aliphatic rings. The van der Waals surface area contributed by atoms with Crippen LogP contribution in [0, 0.1) is 0 Å². The first-order valence-electron chi connectivity index (χ1n) is 6.73. The number of hydrogen-bond donors (Lipinski definition) is 1. The van der Waals surface area contributed by atoms with E-state index in [1.807, 2.05) is 25.1 Å². The molecule has 1 aromatic carbocycles. The Labute approximate surface area is 127 Å². The average Bonchev–Trinajstić information content (AvgIpc) is 2.46. The maximum absolute atomic E-state index is 12.4. The zero-order valence-corrected chi connectivity index (χ0v) is 12.4. The van der Waals surface area contributed by atoms with Crippen molar-refractivity contribution in [2.75, 3.05) is 0 Å². The summed E-state index contributed by atoms with van der Waals surface area (Å²) in [7, 11) is 0. The average molecular weight is 306 g/mol. The first-order valence-corrected chi connectivity index (χ1v) is 7.11. The highest BCUT2D eigenvalue weighted by Gasteiger charge is 2.10.